The van der Waals surface area contributed by atoms with E-state index >= 15 is 0 Å². The zero-order valence-corrected chi connectivity index (χ0v) is 27.2. The Morgan fingerprint density at radius 1 is 0.718 bits per heavy atom. The molecule has 0 radical (unpaired) electrons. The largest absolute Gasteiger partial charge is 0.465 e. The zero-order chi connectivity index (χ0) is 29.7. The van der Waals surface area contributed by atoms with Crippen LogP contribution in [0.1, 0.15) is 59.5 Å². The number of rotatable bonds is 13. The number of alkyl halides is 1. The van der Waals surface area contributed by atoms with Gasteiger partial charge in [0.1, 0.15) is 0 Å². The van der Waals surface area contributed by atoms with Crippen LogP contribution in [-0.4, -0.2) is 59.3 Å². The molecule has 12 heteroatoms. The minimum Gasteiger partial charge on any atom is -0.465 e. The van der Waals surface area contributed by atoms with E-state index < -0.39 is 16.0 Å². The molecule has 39 heavy (non-hydrogen) atoms. The summed E-state index contributed by atoms with van der Waals surface area (Å²) in [6.07, 6.45) is 0.377. The summed E-state index contributed by atoms with van der Waals surface area (Å²) in [5, 5.41) is 0.800. The monoisotopic (exact) mass is 650 g/mol. The minimum absolute atomic E-state index is 0.295. The number of methoxy groups -OCH3 is 2. The molecule has 0 saturated heterocycles. The molecule has 0 aliphatic carbocycles. The normalized spacial score (nSPS) is 11.8. The molecular formula is C27H41BrO9P2. The van der Waals surface area contributed by atoms with Gasteiger partial charge in [-0.05, 0) is 63.1 Å². The molecule has 2 rings (SSSR count). The molecule has 2 aromatic carbocycles. The molecule has 9 nitrogen and oxygen atoms in total. The lowest BCUT2D eigenvalue weighted by Gasteiger charge is -2.12. The molecular weight excluding hydrogens is 610 g/mol. The Bertz CT molecular complexity index is 971. The van der Waals surface area contributed by atoms with Gasteiger partial charge in [-0.1, -0.05) is 40.2 Å². The van der Waals surface area contributed by atoms with Gasteiger partial charge in [0.15, 0.2) is 0 Å². The van der Waals surface area contributed by atoms with E-state index in [9.17, 15) is 14.2 Å². The van der Waals surface area contributed by atoms with Crippen LogP contribution in [0.2, 0.25) is 0 Å². The molecule has 0 N–H and O–H groups in total. The molecule has 2 aromatic rings. The van der Waals surface area contributed by atoms with Crippen LogP contribution >= 0.6 is 31.9 Å². The lowest BCUT2D eigenvalue weighted by molar-refractivity contribution is 0.0592. The maximum absolute atomic E-state index is 11.9. The Morgan fingerprint density at radius 3 is 1.41 bits per heavy atom. The third kappa shape index (κ3) is 16.9. The Morgan fingerprint density at radius 2 is 1.10 bits per heavy atom. The highest BCUT2D eigenvalue weighted by atomic mass is 79.9. The second kappa shape index (κ2) is 22.1. The highest BCUT2D eigenvalue weighted by molar-refractivity contribution is 9.08. The molecule has 0 aromatic heterocycles. The van der Waals surface area contributed by atoms with Crippen molar-refractivity contribution in [3.63, 3.8) is 0 Å². The van der Waals surface area contributed by atoms with Crippen molar-refractivity contribution in [1.82, 2.24) is 0 Å². The molecule has 0 saturated carbocycles. The number of esters is 2. The third-order valence-corrected chi connectivity index (χ3v) is 8.28. The second-order valence-corrected chi connectivity index (χ2v) is 12.0. The van der Waals surface area contributed by atoms with Gasteiger partial charge < -0.3 is 27.6 Å². The SMILES string of the molecule is CCOP(C)(=O)Cc1ccc(C(=O)OC)cc1.CCOP(OCC)OCC.COC(=O)c1ccc(CBr)cc1. The van der Waals surface area contributed by atoms with E-state index in [0.29, 0.717) is 43.7 Å². The predicted molar refractivity (Wildman–Crippen MR) is 159 cm³/mol. The van der Waals surface area contributed by atoms with Gasteiger partial charge in [-0.3, -0.25) is 4.57 Å². The number of hydrogen-bond donors (Lipinski definition) is 0. The maximum atomic E-state index is 11.9. The van der Waals surface area contributed by atoms with Gasteiger partial charge in [-0.2, -0.15) is 0 Å². The fraction of sp³-hybridized carbons (Fsp3) is 0.481. The topological polar surface area (TPSA) is 107 Å². The summed E-state index contributed by atoms with van der Waals surface area (Å²) in [6, 6.07) is 14.1. The summed E-state index contributed by atoms with van der Waals surface area (Å²) in [5.41, 5.74) is 3.10. The molecule has 1 atom stereocenters. The molecule has 0 bridgehead atoms. The fourth-order valence-corrected chi connectivity index (χ4v) is 5.53. The smallest absolute Gasteiger partial charge is 0.337 e. The van der Waals surface area contributed by atoms with Crippen LogP contribution < -0.4 is 0 Å². The van der Waals surface area contributed by atoms with E-state index in [-0.39, 0.29) is 11.9 Å². The van der Waals surface area contributed by atoms with Crippen molar-refractivity contribution in [2.45, 2.75) is 39.2 Å². The van der Waals surface area contributed by atoms with Crippen LogP contribution in [0.3, 0.4) is 0 Å². The fourth-order valence-electron chi connectivity index (χ4n) is 2.79. The van der Waals surface area contributed by atoms with Gasteiger partial charge in [0.05, 0.1) is 51.8 Å². The number of halogens is 1. The summed E-state index contributed by atoms with van der Waals surface area (Å²) in [4.78, 5) is 22.2. The molecule has 0 heterocycles. The van der Waals surface area contributed by atoms with Gasteiger partial charge in [0, 0.05) is 18.2 Å². The summed E-state index contributed by atoms with van der Waals surface area (Å²) in [5.74, 6) is -0.669. The molecule has 0 amide bonds. The van der Waals surface area contributed by atoms with E-state index in [1.54, 1.807) is 43.1 Å². The molecule has 220 valence electrons. The highest BCUT2D eigenvalue weighted by Gasteiger charge is 2.16. The average Bonchev–Trinajstić information content (AvgIpc) is 2.93. The quantitative estimate of drug-likeness (QED) is 0.123. The zero-order valence-electron chi connectivity index (χ0n) is 23.8. The second-order valence-electron chi connectivity index (χ2n) is 7.58. The standard InChI is InChI=1S/C12H17O4P.C9H9BrO2.C6H15O3P/c1-4-16-17(3,14)9-10-5-7-11(8-6-10)12(13)15-2;1-12-9(11)8-4-2-7(6-10)3-5-8;1-4-7-10(8-5-2)9-6-3/h5-8H,4,9H2,1-3H3;2-5H,6H2,1H3;4-6H2,1-3H3. The van der Waals surface area contributed by atoms with Crippen LogP contribution in [0, 0.1) is 0 Å². The number of benzene rings is 2. The van der Waals surface area contributed by atoms with Crippen molar-refractivity contribution >= 4 is 43.8 Å². The lowest BCUT2D eigenvalue weighted by Crippen LogP contribution is -2.01. The van der Waals surface area contributed by atoms with Crippen molar-refractivity contribution in [2.75, 3.05) is 47.3 Å². The Hall–Kier alpha value is -1.64. The van der Waals surface area contributed by atoms with Gasteiger partial charge in [-0.25, -0.2) is 9.59 Å². The van der Waals surface area contributed by atoms with Crippen molar-refractivity contribution in [3.8, 4) is 0 Å². The first-order chi connectivity index (χ1) is 18.6. The number of carbonyl (C=O) groups is 2. The van der Waals surface area contributed by atoms with E-state index in [1.807, 2.05) is 39.8 Å². The first kappa shape index (κ1) is 37.4. The van der Waals surface area contributed by atoms with E-state index in [2.05, 4.69) is 25.4 Å². The molecule has 1 unspecified atom stereocenters. The number of carbonyl (C=O) groups excluding carboxylic acids is 2. The van der Waals surface area contributed by atoms with Gasteiger partial charge >= 0.3 is 20.5 Å². The molecule has 0 aliphatic heterocycles. The van der Waals surface area contributed by atoms with Gasteiger partial charge in [0.25, 0.3) is 0 Å². The Kier molecular flexibility index (Phi) is 21.2. The molecule has 0 spiro atoms. The molecule has 0 aliphatic rings. The summed E-state index contributed by atoms with van der Waals surface area (Å²) >= 11 is 3.32. The lowest BCUT2D eigenvalue weighted by atomic mass is 10.1. The van der Waals surface area contributed by atoms with Crippen molar-refractivity contribution in [3.05, 3.63) is 70.8 Å². The van der Waals surface area contributed by atoms with Crippen molar-refractivity contribution < 1.29 is 41.7 Å². The predicted octanol–water partition coefficient (Wildman–Crippen LogP) is 7.61. The van der Waals surface area contributed by atoms with Crippen molar-refractivity contribution in [1.29, 1.82) is 0 Å². The summed E-state index contributed by atoms with van der Waals surface area (Å²) in [7, 11) is -0.923. The highest BCUT2D eigenvalue weighted by Crippen LogP contribution is 2.46. The Balaban J connectivity index is 0.000000580. The number of ether oxygens (including phenoxy) is 2. The van der Waals surface area contributed by atoms with E-state index in [4.69, 9.17) is 18.1 Å². The summed E-state index contributed by atoms with van der Waals surface area (Å²) in [6.45, 7) is 11.6. The average molecular weight is 651 g/mol. The number of hydrogen-bond acceptors (Lipinski definition) is 9. The van der Waals surface area contributed by atoms with Crippen LogP contribution in [0.15, 0.2) is 48.5 Å². The van der Waals surface area contributed by atoms with E-state index in [0.717, 1.165) is 16.5 Å². The first-order valence-corrected chi connectivity index (χ1v) is 16.9. The molecule has 0 fully saturated rings. The van der Waals surface area contributed by atoms with Crippen LogP contribution in [-0.2, 0) is 43.6 Å². The minimum atomic E-state index is -2.58. The van der Waals surface area contributed by atoms with Gasteiger partial charge in [0.2, 0.25) is 7.37 Å². The van der Waals surface area contributed by atoms with E-state index in [1.165, 1.54) is 14.2 Å². The van der Waals surface area contributed by atoms with Crippen LogP contribution in [0.5, 0.6) is 0 Å². The van der Waals surface area contributed by atoms with Crippen LogP contribution in [0.25, 0.3) is 0 Å². The Labute approximate surface area is 242 Å². The van der Waals surface area contributed by atoms with Gasteiger partial charge in [-0.15, -0.1) is 0 Å². The summed E-state index contributed by atoms with van der Waals surface area (Å²) < 4.78 is 41.7. The maximum Gasteiger partial charge on any atom is 0.337 e. The third-order valence-electron chi connectivity index (χ3n) is 4.48. The first-order valence-electron chi connectivity index (χ1n) is 12.4. The van der Waals surface area contributed by atoms with Crippen LogP contribution in [0.4, 0.5) is 0 Å². The van der Waals surface area contributed by atoms with Crippen molar-refractivity contribution in [2.24, 2.45) is 0 Å².